The molecule has 0 aromatic heterocycles. The third kappa shape index (κ3) is 2.79. The van der Waals surface area contributed by atoms with Crippen molar-refractivity contribution in [3.05, 3.63) is 104 Å². The van der Waals surface area contributed by atoms with Gasteiger partial charge >= 0.3 is 6.18 Å². The summed E-state index contributed by atoms with van der Waals surface area (Å²) in [5.41, 5.74) is 1.31. The fourth-order valence-corrected chi connectivity index (χ4v) is 4.32. The zero-order valence-electron chi connectivity index (χ0n) is 14.4. The van der Waals surface area contributed by atoms with E-state index in [-0.39, 0.29) is 5.57 Å². The lowest BCUT2D eigenvalue weighted by molar-refractivity contribution is -0.0863. The molecule has 5 heteroatoms. The summed E-state index contributed by atoms with van der Waals surface area (Å²) < 4.78 is 42.7. The highest BCUT2D eigenvalue weighted by molar-refractivity contribution is 14.1. The highest BCUT2D eigenvalue weighted by atomic mass is 127. The van der Waals surface area contributed by atoms with Crippen molar-refractivity contribution in [2.45, 2.75) is 18.5 Å². The van der Waals surface area contributed by atoms with E-state index in [9.17, 15) is 13.2 Å². The molecular formula is C22H15F3IN. The van der Waals surface area contributed by atoms with Gasteiger partial charge in [0, 0.05) is 15.4 Å². The van der Waals surface area contributed by atoms with Gasteiger partial charge in [0.05, 0.1) is 16.7 Å². The molecule has 0 bridgehead atoms. The van der Waals surface area contributed by atoms with Crippen molar-refractivity contribution < 1.29 is 13.2 Å². The van der Waals surface area contributed by atoms with Crippen LogP contribution in [-0.4, -0.2) is 12.4 Å². The van der Waals surface area contributed by atoms with E-state index in [1.807, 2.05) is 67.6 Å². The van der Waals surface area contributed by atoms with Gasteiger partial charge in [0.15, 0.2) is 0 Å². The Labute approximate surface area is 169 Å². The molecule has 1 unspecified atom stereocenters. The van der Waals surface area contributed by atoms with E-state index >= 15 is 0 Å². The number of rotatable bonds is 2. The molecule has 136 valence electrons. The summed E-state index contributed by atoms with van der Waals surface area (Å²) in [6.07, 6.45) is 0.0293. The van der Waals surface area contributed by atoms with E-state index in [4.69, 9.17) is 0 Å². The van der Waals surface area contributed by atoms with Crippen LogP contribution in [0.25, 0.3) is 0 Å². The van der Waals surface area contributed by atoms with E-state index in [2.05, 4.69) is 27.6 Å². The molecule has 4 rings (SSSR count). The van der Waals surface area contributed by atoms with Crippen LogP contribution in [0.5, 0.6) is 0 Å². The van der Waals surface area contributed by atoms with Gasteiger partial charge < -0.3 is 0 Å². The monoisotopic (exact) mass is 477 g/mol. The first-order valence-corrected chi connectivity index (χ1v) is 9.50. The lowest BCUT2D eigenvalue weighted by Gasteiger charge is -2.40. The van der Waals surface area contributed by atoms with Gasteiger partial charge in [-0.15, -0.1) is 0 Å². The first-order valence-electron chi connectivity index (χ1n) is 8.42. The SMILES string of the molecule is CC1=CC=C2N=CC(C(F)(F)F)=C2C1(c1ccccc1)c1ccc(I)cc1. The van der Waals surface area contributed by atoms with Crippen LogP contribution in [0.15, 0.2) is 94.2 Å². The van der Waals surface area contributed by atoms with Crippen molar-refractivity contribution in [3.63, 3.8) is 0 Å². The second kappa shape index (κ2) is 6.48. The van der Waals surface area contributed by atoms with Gasteiger partial charge in [-0.1, -0.05) is 54.1 Å². The molecule has 1 aliphatic heterocycles. The zero-order chi connectivity index (χ0) is 19.2. The van der Waals surface area contributed by atoms with Crippen LogP contribution >= 0.6 is 22.6 Å². The lowest BCUT2D eigenvalue weighted by atomic mass is 9.61. The van der Waals surface area contributed by atoms with Crippen LogP contribution in [0, 0.1) is 3.57 Å². The predicted octanol–water partition coefficient (Wildman–Crippen LogP) is 6.36. The first kappa shape index (κ1) is 18.2. The first-order chi connectivity index (χ1) is 12.8. The average molecular weight is 477 g/mol. The standard InChI is InChI=1S/C22H15F3IN/c1-14-7-12-19-20(18(13-27-19)22(23,24)25)21(14,15-5-3-2-4-6-15)16-8-10-17(26)11-9-16/h2-13H,1H3. The van der Waals surface area contributed by atoms with Gasteiger partial charge in [0.2, 0.25) is 0 Å². The number of hydrogen-bond acceptors (Lipinski definition) is 1. The number of hydrogen-bond donors (Lipinski definition) is 0. The average Bonchev–Trinajstić information content (AvgIpc) is 3.09. The minimum Gasteiger partial charge on any atom is -0.256 e. The molecule has 1 aliphatic carbocycles. The summed E-state index contributed by atoms with van der Waals surface area (Å²) in [6.45, 7) is 1.89. The highest BCUT2D eigenvalue weighted by Gasteiger charge is 2.50. The molecular weight excluding hydrogens is 462 g/mol. The van der Waals surface area contributed by atoms with Crippen molar-refractivity contribution in [1.82, 2.24) is 0 Å². The Morgan fingerprint density at radius 3 is 2.15 bits per heavy atom. The van der Waals surface area contributed by atoms with Crippen LogP contribution in [-0.2, 0) is 5.41 Å². The summed E-state index contributed by atoms with van der Waals surface area (Å²) in [7, 11) is 0. The Morgan fingerprint density at radius 1 is 0.889 bits per heavy atom. The van der Waals surface area contributed by atoms with E-state index in [0.717, 1.165) is 26.5 Å². The van der Waals surface area contributed by atoms with Gasteiger partial charge in [-0.3, -0.25) is 4.99 Å². The summed E-state index contributed by atoms with van der Waals surface area (Å²) in [5.74, 6) is 0. The minimum atomic E-state index is -4.48. The Balaban J connectivity index is 2.13. The van der Waals surface area contributed by atoms with Crippen molar-refractivity contribution >= 4 is 28.8 Å². The molecule has 0 fully saturated rings. The number of nitrogens with zero attached hydrogens (tertiary/aromatic N) is 1. The van der Waals surface area contributed by atoms with Crippen molar-refractivity contribution in [2.24, 2.45) is 4.99 Å². The van der Waals surface area contributed by atoms with Crippen LogP contribution in [0.3, 0.4) is 0 Å². The van der Waals surface area contributed by atoms with Gasteiger partial charge in [-0.05, 0) is 58.9 Å². The summed E-state index contributed by atoms with van der Waals surface area (Å²) >= 11 is 2.20. The molecule has 2 aromatic rings. The molecule has 1 heterocycles. The molecule has 0 saturated carbocycles. The van der Waals surface area contributed by atoms with Gasteiger partial charge in [0.1, 0.15) is 0 Å². The van der Waals surface area contributed by atoms with E-state index < -0.39 is 17.2 Å². The molecule has 0 amide bonds. The van der Waals surface area contributed by atoms with Crippen LogP contribution in [0.4, 0.5) is 13.2 Å². The maximum Gasteiger partial charge on any atom is 0.418 e. The second-order valence-electron chi connectivity index (χ2n) is 6.57. The largest absolute Gasteiger partial charge is 0.418 e. The number of alkyl halides is 3. The van der Waals surface area contributed by atoms with Crippen LogP contribution < -0.4 is 0 Å². The number of aliphatic imine (C=N–C) groups is 1. The van der Waals surface area contributed by atoms with Crippen LogP contribution in [0.2, 0.25) is 0 Å². The van der Waals surface area contributed by atoms with Gasteiger partial charge in [0.25, 0.3) is 0 Å². The smallest absolute Gasteiger partial charge is 0.256 e. The normalized spacial score (nSPS) is 21.8. The predicted molar refractivity (Wildman–Crippen MR) is 110 cm³/mol. The Kier molecular flexibility index (Phi) is 4.37. The van der Waals surface area contributed by atoms with E-state index in [1.165, 1.54) is 0 Å². The van der Waals surface area contributed by atoms with Crippen LogP contribution in [0.1, 0.15) is 18.1 Å². The fourth-order valence-electron chi connectivity index (χ4n) is 3.96. The van der Waals surface area contributed by atoms with Crippen molar-refractivity contribution in [3.8, 4) is 0 Å². The molecule has 0 radical (unpaired) electrons. The summed E-state index contributed by atoms with van der Waals surface area (Å²) in [6, 6.07) is 17.0. The minimum absolute atomic E-state index is 0.211. The third-order valence-electron chi connectivity index (χ3n) is 5.11. The summed E-state index contributed by atoms with van der Waals surface area (Å²) in [5, 5.41) is 0. The van der Waals surface area contributed by atoms with Gasteiger partial charge in [-0.25, -0.2) is 0 Å². The molecule has 2 aliphatic rings. The van der Waals surface area contributed by atoms with Gasteiger partial charge in [-0.2, -0.15) is 13.2 Å². The molecule has 2 aromatic carbocycles. The van der Waals surface area contributed by atoms with Crippen molar-refractivity contribution in [2.75, 3.05) is 0 Å². The van der Waals surface area contributed by atoms with E-state index in [1.54, 1.807) is 6.08 Å². The maximum absolute atomic E-state index is 13.9. The molecule has 1 nitrogen and oxygen atoms in total. The Morgan fingerprint density at radius 2 is 1.52 bits per heavy atom. The van der Waals surface area contributed by atoms with Crippen molar-refractivity contribution in [1.29, 1.82) is 0 Å². The maximum atomic E-state index is 13.9. The molecule has 0 saturated heterocycles. The number of halogens is 4. The van der Waals surface area contributed by atoms with E-state index in [0.29, 0.717) is 5.70 Å². The Hall–Kier alpha value is -2.15. The molecule has 0 spiro atoms. The quantitative estimate of drug-likeness (QED) is 0.447. The fraction of sp³-hybridized carbons (Fsp3) is 0.136. The molecule has 0 N–H and O–H groups in total. The molecule has 1 atom stereocenters. The molecule has 27 heavy (non-hydrogen) atoms. The second-order valence-corrected chi connectivity index (χ2v) is 7.81. The number of fused-ring (bicyclic) bond motifs is 1. The Bertz CT molecular complexity index is 1010. The summed E-state index contributed by atoms with van der Waals surface area (Å²) in [4.78, 5) is 4.10. The third-order valence-corrected chi connectivity index (χ3v) is 5.82. The zero-order valence-corrected chi connectivity index (χ0v) is 16.5. The highest BCUT2D eigenvalue weighted by Crippen LogP contribution is 2.54. The lowest BCUT2D eigenvalue weighted by Crippen LogP contribution is -2.36. The number of allylic oxidation sites excluding steroid dienone is 5. The topological polar surface area (TPSA) is 12.4 Å². The number of benzene rings is 2.